The van der Waals surface area contributed by atoms with Crippen LogP contribution >= 0.6 is 0 Å². The molecule has 0 amide bonds. The molecule has 2 aliphatic rings. The molecule has 0 aliphatic carbocycles. The van der Waals surface area contributed by atoms with Crippen molar-refractivity contribution in [1.82, 2.24) is 15.5 Å². The Bertz CT molecular complexity index is 255. The Labute approximate surface area is 90.4 Å². The highest BCUT2D eigenvalue weighted by molar-refractivity contribution is 5.65. The molecule has 0 bridgehead atoms. The minimum atomic E-state index is 0.236. The fraction of sp³-hybridized carbons (Fsp3) is 0.700. The third-order valence-corrected chi connectivity index (χ3v) is 2.76. The lowest BCUT2D eigenvalue weighted by Gasteiger charge is -2.33. The van der Waals surface area contributed by atoms with Crippen molar-refractivity contribution in [1.29, 1.82) is 0 Å². The fourth-order valence-corrected chi connectivity index (χ4v) is 1.90. The molecule has 1 saturated heterocycles. The standard InChI is InChI=1S/C10H19N5/c11-9-2-1-3-13-10(8-14-9)15-6-4-12-5-7-15/h2,8,10,12-13H,1,3-7,11H2. The number of nitrogens with zero attached hydrogens (tertiary/aromatic N) is 2. The van der Waals surface area contributed by atoms with Gasteiger partial charge in [0.05, 0.1) is 6.17 Å². The van der Waals surface area contributed by atoms with Gasteiger partial charge in [-0.05, 0) is 12.5 Å². The Hall–Kier alpha value is -0.910. The average molecular weight is 209 g/mol. The van der Waals surface area contributed by atoms with E-state index in [1.54, 1.807) is 0 Å². The molecular weight excluding hydrogens is 190 g/mol. The van der Waals surface area contributed by atoms with E-state index in [1.165, 1.54) is 0 Å². The summed E-state index contributed by atoms with van der Waals surface area (Å²) < 4.78 is 0. The summed E-state index contributed by atoms with van der Waals surface area (Å²) in [6.45, 7) is 5.19. The quantitative estimate of drug-likeness (QED) is 0.523. The van der Waals surface area contributed by atoms with Crippen LogP contribution in [0.15, 0.2) is 16.9 Å². The van der Waals surface area contributed by atoms with Crippen LogP contribution < -0.4 is 16.4 Å². The molecule has 2 rings (SSSR count). The van der Waals surface area contributed by atoms with Crippen LogP contribution in [0.5, 0.6) is 0 Å². The maximum Gasteiger partial charge on any atom is 0.119 e. The molecule has 2 heterocycles. The molecule has 1 atom stereocenters. The summed E-state index contributed by atoms with van der Waals surface area (Å²) in [6, 6.07) is 0. The van der Waals surface area contributed by atoms with Gasteiger partial charge in [-0.3, -0.25) is 10.2 Å². The van der Waals surface area contributed by atoms with Crippen LogP contribution in [0.1, 0.15) is 6.42 Å². The first-order valence-electron chi connectivity index (χ1n) is 5.54. The molecule has 0 saturated carbocycles. The molecule has 0 radical (unpaired) electrons. The van der Waals surface area contributed by atoms with Crippen molar-refractivity contribution in [2.45, 2.75) is 12.6 Å². The highest BCUT2D eigenvalue weighted by Crippen LogP contribution is 2.01. The topological polar surface area (TPSA) is 65.7 Å². The fourth-order valence-electron chi connectivity index (χ4n) is 1.90. The van der Waals surface area contributed by atoms with Gasteiger partial charge in [0.2, 0.25) is 0 Å². The summed E-state index contributed by atoms with van der Waals surface area (Å²) in [7, 11) is 0. The summed E-state index contributed by atoms with van der Waals surface area (Å²) in [5, 5.41) is 6.80. The first-order chi connectivity index (χ1) is 7.36. The van der Waals surface area contributed by atoms with E-state index in [4.69, 9.17) is 5.73 Å². The predicted octanol–water partition coefficient (Wildman–Crippen LogP) is -0.918. The summed E-state index contributed by atoms with van der Waals surface area (Å²) in [5.74, 6) is 0.636. The Morgan fingerprint density at radius 2 is 2.13 bits per heavy atom. The number of nitrogens with two attached hydrogens (primary N) is 1. The van der Waals surface area contributed by atoms with Gasteiger partial charge < -0.3 is 11.1 Å². The van der Waals surface area contributed by atoms with Crippen LogP contribution in [0.3, 0.4) is 0 Å². The van der Waals surface area contributed by atoms with Gasteiger partial charge in [-0.1, -0.05) is 0 Å². The average Bonchev–Trinajstić information content (AvgIpc) is 2.25. The van der Waals surface area contributed by atoms with Crippen LogP contribution in [0, 0.1) is 0 Å². The van der Waals surface area contributed by atoms with E-state index in [1.807, 2.05) is 12.3 Å². The molecule has 1 fully saturated rings. The van der Waals surface area contributed by atoms with Crippen LogP contribution in [0.25, 0.3) is 0 Å². The van der Waals surface area contributed by atoms with Crippen molar-refractivity contribution in [3.05, 3.63) is 11.9 Å². The van der Waals surface area contributed by atoms with Crippen molar-refractivity contribution < 1.29 is 0 Å². The minimum Gasteiger partial charge on any atom is -0.384 e. The second-order valence-corrected chi connectivity index (χ2v) is 3.88. The maximum absolute atomic E-state index is 5.70. The first-order valence-corrected chi connectivity index (χ1v) is 5.54. The Kier molecular flexibility index (Phi) is 3.71. The van der Waals surface area contributed by atoms with E-state index in [0.29, 0.717) is 5.82 Å². The van der Waals surface area contributed by atoms with Crippen molar-refractivity contribution in [2.75, 3.05) is 32.7 Å². The predicted molar refractivity (Wildman–Crippen MR) is 61.6 cm³/mol. The van der Waals surface area contributed by atoms with Gasteiger partial charge >= 0.3 is 0 Å². The molecule has 5 heteroatoms. The van der Waals surface area contributed by atoms with Gasteiger partial charge in [0.25, 0.3) is 0 Å². The zero-order valence-corrected chi connectivity index (χ0v) is 8.95. The van der Waals surface area contributed by atoms with Gasteiger partial charge in [-0.2, -0.15) is 0 Å². The number of hydrogen-bond acceptors (Lipinski definition) is 5. The van der Waals surface area contributed by atoms with Crippen molar-refractivity contribution in [3.63, 3.8) is 0 Å². The summed E-state index contributed by atoms with van der Waals surface area (Å²) >= 11 is 0. The van der Waals surface area contributed by atoms with Crippen LogP contribution in [0.2, 0.25) is 0 Å². The molecule has 4 N–H and O–H groups in total. The van der Waals surface area contributed by atoms with E-state index in [0.717, 1.165) is 39.1 Å². The number of nitrogens with one attached hydrogen (secondary N) is 2. The highest BCUT2D eigenvalue weighted by Gasteiger charge is 2.18. The van der Waals surface area contributed by atoms with Crippen LogP contribution in [-0.4, -0.2) is 50.0 Å². The lowest BCUT2D eigenvalue weighted by molar-refractivity contribution is 0.192. The van der Waals surface area contributed by atoms with E-state index < -0.39 is 0 Å². The van der Waals surface area contributed by atoms with E-state index in [9.17, 15) is 0 Å². The molecule has 15 heavy (non-hydrogen) atoms. The largest absolute Gasteiger partial charge is 0.384 e. The molecule has 0 spiro atoms. The van der Waals surface area contributed by atoms with Gasteiger partial charge in [0.1, 0.15) is 5.82 Å². The van der Waals surface area contributed by atoms with Crippen molar-refractivity contribution in [2.24, 2.45) is 10.7 Å². The number of piperazine rings is 1. The van der Waals surface area contributed by atoms with Crippen LogP contribution in [-0.2, 0) is 0 Å². The van der Waals surface area contributed by atoms with Crippen molar-refractivity contribution in [3.8, 4) is 0 Å². The molecule has 5 nitrogen and oxygen atoms in total. The molecule has 2 aliphatic heterocycles. The van der Waals surface area contributed by atoms with Crippen LogP contribution in [0.4, 0.5) is 0 Å². The molecule has 0 aromatic heterocycles. The normalized spacial score (nSPS) is 29.3. The van der Waals surface area contributed by atoms with Gasteiger partial charge in [0.15, 0.2) is 0 Å². The monoisotopic (exact) mass is 209 g/mol. The van der Waals surface area contributed by atoms with E-state index in [-0.39, 0.29) is 6.17 Å². The van der Waals surface area contributed by atoms with Gasteiger partial charge in [-0.25, -0.2) is 4.99 Å². The summed E-state index contributed by atoms with van der Waals surface area (Å²) in [5.41, 5.74) is 5.70. The first kappa shape index (κ1) is 10.6. The highest BCUT2D eigenvalue weighted by atomic mass is 15.3. The number of rotatable bonds is 1. The second kappa shape index (κ2) is 5.25. The minimum absolute atomic E-state index is 0.236. The third-order valence-electron chi connectivity index (χ3n) is 2.76. The molecule has 0 aromatic rings. The lowest BCUT2D eigenvalue weighted by atomic mass is 10.3. The molecule has 84 valence electrons. The van der Waals surface area contributed by atoms with Gasteiger partial charge in [-0.15, -0.1) is 0 Å². The summed E-state index contributed by atoms with van der Waals surface area (Å²) in [4.78, 5) is 6.62. The van der Waals surface area contributed by atoms with E-state index >= 15 is 0 Å². The second-order valence-electron chi connectivity index (χ2n) is 3.88. The molecular formula is C10H19N5. The molecule has 1 unspecified atom stereocenters. The smallest absolute Gasteiger partial charge is 0.119 e. The Morgan fingerprint density at radius 1 is 1.33 bits per heavy atom. The Balaban J connectivity index is 1.97. The Morgan fingerprint density at radius 3 is 2.93 bits per heavy atom. The van der Waals surface area contributed by atoms with Crippen molar-refractivity contribution >= 4 is 6.21 Å². The number of aliphatic imine (C=N–C) groups is 1. The number of hydrogen-bond donors (Lipinski definition) is 3. The zero-order chi connectivity index (χ0) is 10.5. The zero-order valence-electron chi connectivity index (χ0n) is 8.95. The molecule has 0 aromatic carbocycles. The maximum atomic E-state index is 5.70. The lowest BCUT2D eigenvalue weighted by Crippen LogP contribution is -2.54. The summed E-state index contributed by atoms with van der Waals surface area (Å²) in [6.07, 6.45) is 5.05. The third kappa shape index (κ3) is 3.02. The van der Waals surface area contributed by atoms with E-state index in [2.05, 4.69) is 20.5 Å². The SMILES string of the molecule is NC1=CCCNC(N2CCNCC2)C=N1. The van der Waals surface area contributed by atoms with Gasteiger partial charge in [0, 0.05) is 38.9 Å².